The van der Waals surface area contributed by atoms with Crippen molar-refractivity contribution in [3.05, 3.63) is 76.3 Å². The van der Waals surface area contributed by atoms with Crippen LogP contribution in [0.1, 0.15) is 11.1 Å². The number of hydrogen-bond acceptors (Lipinski definition) is 3. The molecule has 3 aromatic rings. The number of aromatic amines is 1. The summed E-state index contributed by atoms with van der Waals surface area (Å²) in [5.74, 6) is -1.87. The van der Waals surface area contributed by atoms with Crippen LogP contribution in [0.2, 0.25) is 0 Å². The number of aromatic nitrogens is 1. The second kappa shape index (κ2) is 6.42. The molecule has 2 amide bonds. The third-order valence-corrected chi connectivity index (χ3v) is 5.12. The summed E-state index contributed by atoms with van der Waals surface area (Å²) in [7, 11) is 0. The fourth-order valence-corrected chi connectivity index (χ4v) is 3.79. The van der Waals surface area contributed by atoms with Crippen molar-refractivity contribution >= 4 is 39.4 Å². The number of benzene rings is 2. The number of fused-ring (bicyclic) bond motifs is 1. The number of halogens is 2. The number of thioether (sulfide) groups is 1. The van der Waals surface area contributed by atoms with Gasteiger partial charge in [0.15, 0.2) is 0 Å². The molecule has 7 heteroatoms. The zero-order valence-corrected chi connectivity index (χ0v) is 14.1. The fraction of sp³-hybridized carbons (Fsp3) is 0.0526. The first-order valence-electron chi connectivity index (χ1n) is 7.79. The first-order chi connectivity index (χ1) is 12.5. The van der Waals surface area contributed by atoms with Crippen LogP contribution in [0.3, 0.4) is 0 Å². The van der Waals surface area contributed by atoms with E-state index < -0.39 is 22.8 Å². The van der Waals surface area contributed by atoms with Gasteiger partial charge in [-0.15, -0.1) is 0 Å². The van der Waals surface area contributed by atoms with E-state index in [0.29, 0.717) is 5.57 Å². The summed E-state index contributed by atoms with van der Waals surface area (Å²) in [5.41, 5.74) is 2.35. The summed E-state index contributed by atoms with van der Waals surface area (Å²) in [6.45, 7) is 0. The van der Waals surface area contributed by atoms with Crippen LogP contribution in [0.25, 0.3) is 16.5 Å². The third kappa shape index (κ3) is 2.90. The Morgan fingerprint density at radius 3 is 2.65 bits per heavy atom. The fourth-order valence-electron chi connectivity index (χ4n) is 3.01. The summed E-state index contributed by atoms with van der Waals surface area (Å²) in [5, 5.41) is 2.62. The van der Waals surface area contributed by atoms with Gasteiger partial charge in [-0.3, -0.25) is 14.9 Å². The van der Waals surface area contributed by atoms with Gasteiger partial charge in [0.1, 0.15) is 11.6 Å². The smallest absolute Gasteiger partial charge is 0.290 e. The summed E-state index contributed by atoms with van der Waals surface area (Å²) in [6, 6.07) is 10.7. The summed E-state index contributed by atoms with van der Waals surface area (Å²) >= 11 is 0.789. The van der Waals surface area contributed by atoms with Crippen LogP contribution in [0.4, 0.5) is 13.6 Å². The van der Waals surface area contributed by atoms with Crippen molar-refractivity contribution in [3.63, 3.8) is 0 Å². The lowest BCUT2D eigenvalue weighted by Crippen LogP contribution is -2.18. The van der Waals surface area contributed by atoms with Gasteiger partial charge in [0.05, 0.1) is 4.91 Å². The maximum absolute atomic E-state index is 14.2. The van der Waals surface area contributed by atoms with E-state index in [1.165, 1.54) is 12.1 Å². The van der Waals surface area contributed by atoms with Gasteiger partial charge in [-0.2, -0.15) is 0 Å². The molecule has 4 nitrogen and oxygen atoms in total. The number of imide groups is 1. The molecular weight excluding hydrogens is 358 g/mol. The Balaban J connectivity index is 1.91. The second-order valence-electron chi connectivity index (χ2n) is 5.81. The number of hydrogen-bond donors (Lipinski definition) is 2. The van der Waals surface area contributed by atoms with E-state index in [2.05, 4.69) is 10.3 Å². The van der Waals surface area contributed by atoms with Gasteiger partial charge in [-0.1, -0.05) is 18.2 Å². The summed E-state index contributed by atoms with van der Waals surface area (Å²) in [4.78, 5) is 27.2. The van der Waals surface area contributed by atoms with Gasteiger partial charge >= 0.3 is 0 Å². The SMILES string of the molecule is O=C1NC(=O)C(=C(Cc2ccc(F)cc2F)c2cccc3[nH]ccc23)S1. The second-order valence-corrected chi connectivity index (χ2v) is 6.79. The van der Waals surface area contributed by atoms with Crippen LogP contribution in [0.5, 0.6) is 0 Å². The van der Waals surface area contributed by atoms with E-state index in [-0.39, 0.29) is 16.9 Å². The van der Waals surface area contributed by atoms with E-state index in [1.54, 1.807) is 6.20 Å². The van der Waals surface area contributed by atoms with Crippen molar-refractivity contribution in [2.75, 3.05) is 0 Å². The molecule has 0 bridgehead atoms. The summed E-state index contributed by atoms with van der Waals surface area (Å²) in [6.07, 6.45) is 1.82. The Bertz CT molecular complexity index is 1090. The molecule has 130 valence electrons. The molecule has 0 spiro atoms. The average Bonchev–Trinajstić information content (AvgIpc) is 3.20. The number of carbonyl (C=O) groups is 2. The normalized spacial score (nSPS) is 16.2. The largest absolute Gasteiger partial charge is 0.361 e. The van der Waals surface area contributed by atoms with Crippen molar-refractivity contribution in [2.24, 2.45) is 0 Å². The first-order valence-corrected chi connectivity index (χ1v) is 8.61. The molecule has 0 unspecified atom stereocenters. The third-order valence-electron chi connectivity index (χ3n) is 4.19. The molecule has 1 fully saturated rings. The Hall–Kier alpha value is -2.93. The topological polar surface area (TPSA) is 62.0 Å². The predicted octanol–water partition coefficient (Wildman–Crippen LogP) is 4.38. The van der Waals surface area contributed by atoms with Crippen LogP contribution >= 0.6 is 11.8 Å². The van der Waals surface area contributed by atoms with E-state index in [1.807, 2.05) is 24.3 Å². The quantitative estimate of drug-likeness (QED) is 0.673. The lowest BCUT2D eigenvalue weighted by Gasteiger charge is -2.12. The highest BCUT2D eigenvalue weighted by Crippen LogP contribution is 2.37. The van der Waals surface area contributed by atoms with Crippen LogP contribution in [-0.2, 0) is 11.2 Å². The van der Waals surface area contributed by atoms with E-state index >= 15 is 0 Å². The van der Waals surface area contributed by atoms with Gasteiger partial charge in [0.2, 0.25) is 0 Å². The molecule has 0 atom stereocenters. The molecule has 1 aromatic heterocycles. The monoisotopic (exact) mass is 370 g/mol. The molecule has 1 saturated heterocycles. The molecule has 4 rings (SSSR count). The minimum absolute atomic E-state index is 0.0550. The zero-order valence-electron chi connectivity index (χ0n) is 13.3. The van der Waals surface area contributed by atoms with Crippen molar-refractivity contribution in [1.82, 2.24) is 10.3 Å². The van der Waals surface area contributed by atoms with Crippen LogP contribution in [0, 0.1) is 11.6 Å². The molecule has 2 N–H and O–H groups in total. The van der Waals surface area contributed by atoms with Crippen molar-refractivity contribution < 1.29 is 18.4 Å². The van der Waals surface area contributed by atoms with Crippen LogP contribution in [-0.4, -0.2) is 16.1 Å². The molecule has 2 heterocycles. The zero-order chi connectivity index (χ0) is 18.3. The van der Waals surface area contributed by atoms with Gasteiger partial charge in [-0.25, -0.2) is 8.78 Å². The number of rotatable bonds is 3. The van der Waals surface area contributed by atoms with Crippen molar-refractivity contribution in [3.8, 4) is 0 Å². The first kappa shape index (κ1) is 16.5. The van der Waals surface area contributed by atoms with E-state index in [9.17, 15) is 18.4 Å². The minimum Gasteiger partial charge on any atom is -0.361 e. The van der Waals surface area contributed by atoms with Crippen LogP contribution < -0.4 is 5.32 Å². The number of H-pyrrole nitrogens is 1. The summed E-state index contributed by atoms with van der Waals surface area (Å²) < 4.78 is 27.4. The Morgan fingerprint density at radius 1 is 1.08 bits per heavy atom. The number of carbonyl (C=O) groups excluding carboxylic acids is 2. The Kier molecular flexibility index (Phi) is 4.08. The number of amides is 2. The highest BCUT2D eigenvalue weighted by Gasteiger charge is 2.30. The van der Waals surface area contributed by atoms with Gasteiger partial charge in [-0.05, 0) is 46.7 Å². The van der Waals surface area contributed by atoms with Crippen LogP contribution in [0.15, 0.2) is 53.6 Å². The standard InChI is InChI=1S/C19H12F2N2O2S/c20-11-5-4-10(15(21)9-11)8-14(17-18(24)23-19(25)26-17)12-2-1-3-16-13(12)6-7-22-16/h1-7,9,22H,8H2,(H,23,24,25). The highest BCUT2D eigenvalue weighted by molar-refractivity contribution is 8.18. The molecule has 0 radical (unpaired) electrons. The molecule has 2 aromatic carbocycles. The molecule has 0 aliphatic carbocycles. The van der Waals surface area contributed by atoms with Gasteiger partial charge in [0.25, 0.3) is 11.1 Å². The Morgan fingerprint density at radius 2 is 1.92 bits per heavy atom. The molecule has 26 heavy (non-hydrogen) atoms. The molecule has 1 aliphatic rings. The van der Waals surface area contributed by atoms with E-state index in [0.717, 1.165) is 34.3 Å². The predicted molar refractivity (Wildman–Crippen MR) is 96.4 cm³/mol. The van der Waals surface area contributed by atoms with Gasteiger partial charge < -0.3 is 4.98 Å². The number of allylic oxidation sites excluding steroid dienone is 1. The lowest BCUT2D eigenvalue weighted by molar-refractivity contribution is -0.115. The maximum Gasteiger partial charge on any atom is 0.290 e. The molecule has 1 aliphatic heterocycles. The van der Waals surface area contributed by atoms with E-state index in [4.69, 9.17) is 0 Å². The molecule has 0 saturated carbocycles. The molecular formula is C19H12F2N2O2S. The average molecular weight is 370 g/mol. The number of nitrogens with one attached hydrogen (secondary N) is 2. The van der Waals surface area contributed by atoms with Crippen molar-refractivity contribution in [2.45, 2.75) is 6.42 Å². The van der Waals surface area contributed by atoms with Crippen molar-refractivity contribution in [1.29, 1.82) is 0 Å². The minimum atomic E-state index is -0.695. The lowest BCUT2D eigenvalue weighted by atomic mass is 9.94. The Labute approximate surface area is 151 Å². The maximum atomic E-state index is 14.2. The van der Waals surface area contributed by atoms with Gasteiger partial charge in [0, 0.05) is 29.6 Å². The highest BCUT2D eigenvalue weighted by atomic mass is 32.2.